The Kier molecular flexibility index (Phi) is 3.89. The van der Waals surface area contributed by atoms with Crippen LogP contribution in [0, 0.1) is 11.7 Å². The molecule has 1 N–H and O–H groups in total. The molecule has 0 aliphatic carbocycles. The van der Waals surface area contributed by atoms with Crippen molar-refractivity contribution in [1.29, 1.82) is 0 Å². The van der Waals surface area contributed by atoms with Crippen LogP contribution in [0.25, 0.3) is 5.69 Å². The predicted molar refractivity (Wildman–Crippen MR) is 84.0 cm³/mol. The molecule has 0 atom stereocenters. The van der Waals surface area contributed by atoms with Gasteiger partial charge in [-0.3, -0.25) is 9.67 Å². The van der Waals surface area contributed by atoms with Crippen molar-refractivity contribution in [2.75, 3.05) is 0 Å². The molecule has 2 aromatic heterocycles. The Morgan fingerprint density at radius 2 is 2.05 bits per heavy atom. The first-order valence-corrected chi connectivity index (χ1v) is 7.74. The molecule has 0 amide bonds. The molecule has 0 radical (unpaired) electrons. The number of thioether (sulfide) groups is 1. The number of aromatic nitrogens is 6. The van der Waals surface area contributed by atoms with Crippen molar-refractivity contribution in [3.05, 3.63) is 46.8 Å². The molecule has 0 aliphatic rings. The van der Waals surface area contributed by atoms with Crippen LogP contribution in [0.1, 0.15) is 11.4 Å². The van der Waals surface area contributed by atoms with Crippen LogP contribution in [-0.2, 0) is 12.8 Å². The largest absolute Gasteiger partial charge is 0.312 e. The van der Waals surface area contributed by atoms with Gasteiger partial charge in [-0.15, -0.1) is 10.2 Å². The van der Waals surface area contributed by atoms with Gasteiger partial charge in [0.1, 0.15) is 12.2 Å². The highest BCUT2D eigenvalue weighted by atomic mass is 32.2. The van der Waals surface area contributed by atoms with E-state index in [2.05, 4.69) is 39.5 Å². The SMILES string of the molecule is Cc1ccc(-n2c(CSc3nncn3C)n[nH]c2=S)cc1. The first-order valence-electron chi connectivity index (χ1n) is 6.35. The quantitative estimate of drug-likeness (QED) is 0.592. The number of aromatic amines is 1. The topological polar surface area (TPSA) is 64.3 Å². The van der Waals surface area contributed by atoms with E-state index in [-0.39, 0.29) is 0 Å². The van der Waals surface area contributed by atoms with Gasteiger partial charge >= 0.3 is 0 Å². The highest BCUT2D eigenvalue weighted by molar-refractivity contribution is 7.98. The molecule has 2 heterocycles. The van der Waals surface area contributed by atoms with E-state index in [4.69, 9.17) is 12.2 Å². The zero-order valence-corrected chi connectivity index (χ0v) is 13.3. The first kappa shape index (κ1) is 14.0. The molecule has 0 saturated carbocycles. The van der Waals surface area contributed by atoms with Crippen LogP contribution < -0.4 is 0 Å². The fourth-order valence-electron chi connectivity index (χ4n) is 1.92. The van der Waals surface area contributed by atoms with E-state index in [1.807, 2.05) is 28.3 Å². The summed E-state index contributed by atoms with van der Waals surface area (Å²) in [6.07, 6.45) is 1.68. The van der Waals surface area contributed by atoms with Gasteiger partial charge in [-0.05, 0) is 31.3 Å². The molecule has 6 nitrogen and oxygen atoms in total. The third kappa shape index (κ3) is 2.91. The maximum absolute atomic E-state index is 5.33. The van der Waals surface area contributed by atoms with Crippen molar-refractivity contribution >= 4 is 24.0 Å². The predicted octanol–water partition coefficient (Wildman–Crippen LogP) is 2.66. The van der Waals surface area contributed by atoms with Crippen molar-refractivity contribution in [1.82, 2.24) is 29.5 Å². The zero-order valence-electron chi connectivity index (χ0n) is 11.6. The smallest absolute Gasteiger partial charge is 0.199 e. The lowest BCUT2D eigenvalue weighted by Crippen LogP contribution is -2.01. The number of aryl methyl sites for hydroxylation is 2. The number of hydrogen-bond donors (Lipinski definition) is 1. The third-order valence-electron chi connectivity index (χ3n) is 3.03. The minimum absolute atomic E-state index is 0.590. The van der Waals surface area contributed by atoms with E-state index in [1.165, 1.54) is 5.56 Å². The highest BCUT2D eigenvalue weighted by Gasteiger charge is 2.10. The maximum Gasteiger partial charge on any atom is 0.199 e. The standard InChI is InChI=1S/C13H14N6S2/c1-9-3-5-10(6-4-9)19-11(15-16-12(19)20)7-21-13-17-14-8-18(13)2/h3-6,8H,7H2,1-2H3,(H,16,20). The summed E-state index contributed by atoms with van der Waals surface area (Å²) in [5.41, 5.74) is 2.22. The molecular formula is C13H14N6S2. The summed E-state index contributed by atoms with van der Waals surface area (Å²) in [6, 6.07) is 8.20. The molecule has 21 heavy (non-hydrogen) atoms. The minimum atomic E-state index is 0.590. The molecule has 108 valence electrons. The molecular weight excluding hydrogens is 304 g/mol. The third-order valence-corrected chi connectivity index (χ3v) is 4.34. The molecule has 3 aromatic rings. The minimum Gasteiger partial charge on any atom is -0.312 e. The van der Waals surface area contributed by atoms with Gasteiger partial charge in [0.15, 0.2) is 9.93 Å². The van der Waals surface area contributed by atoms with Crippen LogP contribution in [0.3, 0.4) is 0 Å². The fraction of sp³-hybridized carbons (Fsp3) is 0.231. The monoisotopic (exact) mass is 318 g/mol. The second kappa shape index (κ2) is 5.82. The van der Waals surface area contributed by atoms with E-state index < -0.39 is 0 Å². The Morgan fingerprint density at radius 1 is 1.29 bits per heavy atom. The average Bonchev–Trinajstić information content (AvgIpc) is 3.04. The van der Waals surface area contributed by atoms with Gasteiger partial charge in [-0.1, -0.05) is 29.5 Å². The van der Waals surface area contributed by atoms with E-state index in [1.54, 1.807) is 18.1 Å². The van der Waals surface area contributed by atoms with Gasteiger partial charge in [-0.2, -0.15) is 5.10 Å². The summed E-state index contributed by atoms with van der Waals surface area (Å²) in [5, 5.41) is 15.9. The van der Waals surface area contributed by atoms with Crippen LogP contribution in [0.15, 0.2) is 35.7 Å². The maximum atomic E-state index is 5.33. The number of hydrogen-bond acceptors (Lipinski definition) is 5. The molecule has 0 fully saturated rings. The Labute approximate surface area is 131 Å². The van der Waals surface area contributed by atoms with E-state index in [0.717, 1.165) is 16.7 Å². The molecule has 0 spiro atoms. The van der Waals surface area contributed by atoms with Gasteiger partial charge in [0.25, 0.3) is 0 Å². The van der Waals surface area contributed by atoms with Gasteiger partial charge < -0.3 is 4.57 Å². The zero-order chi connectivity index (χ0) is 14.8. The Hall–Kier alpha value is -1.93. The summed E-state index contributed by atoms with van der Waals surface area (Å²) in [6.45, 7) is 2.06. The van der Waals surface area contributed by atoms with Gasteiger partial charge in [0.05, 0.1) is 5.75 Å². The van der Waals surface area contributed by atoms with Crippen molar-refractivity contribution in [2.24, 2.45) is 7.05 Å². The van der Waals surface area contributed by atoms with Crippen molar-refractivity contribution in [2.45, 2.75) is 17.8 Å². The molecule has 8 heteroatoms. The Bertz CT molecular complexity index is 799. The van der Waals surface area contributed by atoms with Crippen molar-refractivity contribution < 1.29 is 0 Å². The summed E-state index contributed by atoms with van der Waals surface area (Å²) < 4.78 is 4.41. The highest BCUT2D eigenvalue weighted by Crippen LogP contribution is 2.21. The Morgan fingerprint density at radius 3 is 2.71 bits per heavy atom. The molecule has 0 unspecified atom stereocenters. The second-order valence-corrected chi connectivity index (χ2v) is 5.96. The normalized spacial score (nSPS) is 11.0. The summed E-state index contributed by atoms with van der Waals surface area (Å²) >= 11 is 6.90. The molecule has 0 aliphatic heterocycles. The summed E-state index contributed by atoms with van der Waals surface area (Å²) in [4.78, 5) is 0. The van der Waals surface area contributed by atoms with Gasteiger partial charge in [0.2, 0.25) is 0 Å². The number of nitrogens with one attached hydrogen (secondary N) is 1. The molecule has 1 aromatic carbocycles. The number of rotatable bonds is 4. The molecule has 3 rings (SSSR count). The van der Waals surface area contributed by atoms with E-state index in [0.29, 0.717) is 10.5 Å². The van der Waals surface area contributed by atoms with Crippen molar-refractivity contribution in [3.8, 4) is 5.69 Å². The molecule has 0 saturated heterocycles. The fourth-order valence-corrected chi connectivity index (χ4v) is 2.98. The first-order chi connectivity index (χ1) is 10.1. The molecule has 0 bridgehead atoms. The Balaban J connectivity index is 1.88. The summed E-state index contributed by atoms with van der Waals surface area (Å²) in [7, 11) is 1.92. The number of H-pyrrole nitrogens is 1. The van der Waals surface area contributed by atoms with Crippen LogP contribution in [0.5, 0.6) is 0 Å². The van der Waals surface area contributed by atoms with Crippen LogP contribution >= 0.6 is 24.0 Å². The lowest BCUT2D eigenvalue weighted by Gasteiger charge is -2.06. The van der Waals surface area contributed by atoms with Crippen LogP contribution in [-0.4, -0.2) is 29.5 Å². The lowest BCUT2D eigenvalue weighted by atomic mass is 10.2. The van der Waals surface area contributed by atoms with Crippen molar-refractivity contribution in [3.63, 3.8) is 0 Å². The van der Waals surface area contributed by atoms with Crippen LogP contribution in [0.4, 0.5) is 0 Å². The summed E-state index contributed by atoms with van der Waals surface area (Å²) in [5.74, 6) is 1.52. The van der Waals surface area contributed by atoms with E-state index in [9.17, 15) is 0 Å². The van der Waals surface area contributed by atoms with E-state index >= 15 is 0 Å². The van der Waals surface area contributed by atoms with Gasteiger partial charge in [-0.25, -0.2) is 0 Å². The second-order valence-electron chi connectivity index (χ2n) is 4.63. The van der Waals surface area contributed by atoms with Gasteiger partial charge in [0, 0.05) is 12.7 Å². The average molecular weight is 318 g/mol. The number of nitrogens with zero attached hydrogens (tertiary/aromatic N) is 5. The lowest BCUT2D eigenvalue weighted by molar-refractivity contribution is 0.787. The van der Waals surface area contributed by atoms with Crippen LogP contribution in [0.2, 0.25) is 0 Å². The number of benzene rings is 1.